The van der Waals surface area contributed by atoms with Crippen LogP contribution in [0, 0.1) is 0 Å². The summed E-state index contributed by atoms with van der Waals surface area (Å²) in [5.41, 5.74) is 5.85. The van der Waals surface area contributed by atoms with Crippen molar-refractivity contribution in [1.82, 2.24) is 5.32 Å². The van der Waals surface area contributed by atoms with E-state index in [1.54, 1.807) is 0 Å². The molecule has 0 aromatic heterocycles. The zero-order valence-electron chi connectivity index (χ0n) is 12.3. The van der Waals surface area contributed by atoms with Gasteiger partial charge < -0.3 is 10.4 Å². The number of rotatable bonds is 4. The maximum atomic E-state index is 9.80. The number of hydrogen-bond donors (Lipinski definition) is 2. The summed E-state index contributed by atoms with van der Waals surface area (Å²) in [5, 5.41) is 13.1. The summed E-state index contributed by atoms with van der Waals surface area (Å²) in [7, 11) is 0. The third-order valence-corrected chi connectivity index (χ3v) is 3.83. The first-order valence-electron chi connectivity index (χ1n) is 7.28. The minimum Gasteiger partial charge on any atom is -0.515 e. The highest BCUT2D eigenvalue weighted by atomic mass is 16.2. The third-order valence-electron chi connectivity index (χ3n) is 3.83. The molecular weight excluding hydrogens is 246 g/mol. The van der Waals surface area contributed by atoms with Gasteiger partial charge in [-0.05, 0) is 43.0 Å². The van der Waals surface area contributed by atoms with Crippen LogP contribution in [0.4, 0.5) is 0 Å². The molecule has 0 radical (unpaired) electrons. The molecule has 2 nitrogen and oxygen atoms in total. The Labute approximate surface area is 121 Å². The molecule has 0 unspecified atom stereocenters. The van der Waals surface area contributed by atoms with Gasteiger partial charge in [-0.25, -0.2) is 0 Å². The SMILES string of the molecule is CC/C(C)=C(/C(=C\O)C1=CCNCC1)c1ccccc1. The average molecular weight is 269 g/mol. The van der Waals surface area contributed by atoms with Gasteiger partial charge in [0.2, 0.25) is 0 Å². The first-order valence-corrected chi connectivity index (χ1v) is 7.28. The smallest absolute Gasteiger partial charge is 0.0872 e. The van der Waals surface area contributed by atoms with Gasteiger partial charge in [-0.1, -0.05) is 48.9 Å². The van der Waals surface area contributed by atoms with E-state index >= 15 is 0 Å². The molecule has 0 bridgehead atoms. The van der Waals surface area contributed by atoms with Crippen LogP contribution in [0.3, 0.4) is 0 Å². The van der Waals surface area contributed by atoms with Gasteiger partial charge in [-0.15, -0.1) is 0 Å². The van der Waals surface area contributed by atoms with Crippen molar-refractivity contribution in [2.24, 2.45) is 0 Å². The van der Waals surface area contributed by atoms with E-state index in [1.165, 1.54) is 28.5 Å². The lowest BCUT2D eigenvalue weighted by atomic mass is 9.87. The lowest BCUT2D eigenvalue weighted by Gasteiger charge is -2.21. The minimum atomic E-state index is 0.875. The van der Waals surface area contributed by atoms with Crippen LogP contribution in [0.15, 0.2) is 59.4 Å². The molecule has 1 aliphatic rings. The second kappa shape index (κ2) is 7.11. The van der Waals surface area contributed by atoms with Gasteiger partial charge in [0, 0.05) is 12.1 Å². The number of aliphatic hydroxyl groups is 1. The Balaban J connectivity index is 2.49. The van der Waals surface area contributed by atoms with Gasteiger partial charge in [0.25, 0.3) is 0 Å². The van der Waals surface area contributed by atoms with E-state index in [0.717, 1.165) is 31.5 Å². The van der Waals surface area contributed by atoms with Gasteiger partial charge >= 0.3 is 0 Å². The van der Waals surface area contributed by atoms with Crippen molar-refractivity contribution >= 4 is 5.57 Å². The fourth-order valence-corrected chi connectivity index (χ4v) is 2.59. The highest BCUT2D eigenvalue weighted by molar-refractivity contribution is 5.85. The summed E-state index contributed by atoms with van der Waals surface area (Å²) < 4.78 is 0. The van der Waals surface area contributed by atoms with Gasteiger partial charge in [-0.3, -0.25) is 0 Å². The molecule has 0 amide bonds. The molecule has 0 saturated carbocycles. The van der Waals surface area contributed by atoms with E-state index in [-0.39, 0.29) is 0 Å². The van der Waals surface area contributed by atoms with Crippen LogP contribution in [0.25, 0.3) is 5.57 Å². The van der Waals surface area contributed by atoms with Crippen LogP contribution < -0.4 is 5.32 Å². The first-order chi connectivity index (χ1) is 9.77. The molecule has 1 aromatic carbocycles. The molecule has 2 rings (SSSR count). The minimum absolute atomic E-state index is 0.875. The molecule has 2 heteroatoms. The highest BCUT2D eigenvalue weighted by Gasteiger charge is 2.16. The Kier molecular flexibility index (Phi) is 5.19. The number of hydrogen-bond acceptors (Lipinski definition) is 2. The molecule has 1 heterocycles. The number of allylic oxidation sites excluding steroid dienone is 3. The van der Waals surface area contributed by atoms with Gasteiger partial charge in [0.1, 0.15) is 0 Å². The van der Waals surface area contributed by atoms with Crippen molar-refractivity contribution < 1.29 is 5.11 Å². The zero-order chi connectivity index (χ0) is 14.4. The largest absolute Gasteiger partial charge is 0.515 e. The molecule has 1 aromatic rings. The van der Waals surface area contributed by atoms with Crippen molar-refractivity contribution in [2.75, 3.05) is 13.1 Å². The Morgan fingerprint density at radius 2 is 2.05 bits per heavy atom. The van der Waals surface area contributed by atoms with E-state index in [2.05, 4.69) is 37.4 Å². The van der Waals surface area contributed by atoms with Gasteiger partial charge in [-0.2, -0.15) is 0 Å². The monoisotopic (exact) mass is 269 g/mol. The molecule has 0 atom stereocenters. The standard InChI is InChI=1S/C18H23NO/c1-3-14(2)18(16-7-5-4-6-8-16)17(13-20)15-9-11-19-12-10-15/h4-9,13,19-20H,3,10-12H2,1-2H3/b17-13-,18-14+. The Bertz CT molecular complexity index is 538. The molecule has 0 aliphatic carbocycles. The van der Waals surface area contributed by atoms with Crippen LogP contribution in [0.5, 0.6) is 0 Å². The Hall–Kier alpha value is -1.80. The van der Waals surface area contributed by atoms with E-state index in [9.17, 15) is 5.11 Å². The molecule has 2 N–H and O–H groups in total. The van der Waals surface area contributed by atoms with Gasteiger partial charge in [0.15, 0.2) is 0 Å². The molecule has 0 fully saturated rings. The third kappa shape index (κ3) is 3.20. The summed E-state index contributed by atoms with van der Waals surface area (Å²) in [5.74, 6) is 0. The topological polar surface area (TPSA) is 32.3 Å². The highest BCUT2D eigenvalue weighted by Crippen LogP contribution is 2.33. The summed E-state index contributed by atoms with van der Waals surface area (Å²) in [6, 6.07) is 10.3. The van der Waals surface area contributed by atoms with Gasteiger partial charge in [0.05, 0.1) is 6.26 Å². The fraction of sp³-hybridized carbons (Fsp3) is 0.333. The zero-order valence-corrected chi connectivity index (χ0v) is 12.3. The van der Waals surface area contributed by atoms with Crippen molar-refractivity contribution in [3.05, 3.63) is 65.0 Å². The lowest BCUT2D eigenvalue weighted by Crippen LogP contribution is -2.21. The number of nitrogens with one attached hydrogen (secondary N) is 1. The predicted octanol–water partition coefficient (Wildman–Crippen LogP) is 4.23. The molecular formula is C18H23NO. The number of aliphatic hydroxyl groups excluding tert-OH is 1. The van der Waals surface area contributed by atoms with Crippen LogP contribution in [-0.2, 0) is 0 Å². The molecule has 106 valence electrons. The number of benzene rings is 1. The Morgan fingerprint density at radius 1 is 1.30 bits per heavy atom. The van der Waals surface area contributed by atoms with E-state index in [1.807, 2.05) is 18.2 Å². The molecule has 0 spiro atoms. The Morgan fingerprint density at radius 3 is 2.60 bits per heavy atom. The van der Waals surface area contributed by atoms with E-state index in [0.29, 0.717) is 0 Å². The molecule has 20 heavy (non-hydrogen) atoms. The molecule has 0 saturated heterocycles. The maximum Gasteiger partial charge on any atom is 0.0872 e. The summed E-state index contributed by atoms with van der Waals surface area (Å²) in [6.45, 7) is 6.15. The van der Waals surface area contributed by atoms with Crippen LogP contribution >= 0.6 is 0 Å². The summed E-state index contributed by atoms with van der Waals surface area (Å²) in [6.07, 6.45) is 5.39. The molecule has 1 aliphatic heterocycles. The summed E-state index contributed by atoms with van der Waals surface area (Å²) in [4.78, 5) is 0. The predicted molar refractivity (Wildman–Crippen MR) is 85.6 cm³/mol. The van der Waals surface area contributed by atoms with Crippen LogP contribution in [-0.4, -0.2) is 18.2 Å². The van der Waals surface area contributed by atoms with Crippen LogP contribution in [0.1, 0.15) is 32.3 Å². The summed E-state index contributed by atoms with van der Waals surface area (Å²) >= 11 is 0. The van der Waals surface area contributed by atoms with Crippen molar-refractivity contribution in [3.63, 3.8) is 0 Å². The average Bonchev–Trinajstić information content (AvgIpc) is 2.53. The fourth-order valence-electron chi connectivity index (χ4n) is 2.59. The normalized spacial score (nSPS) is 17.5. The lowest BCUT2D eigenvalue weighted by molar-refractivity contribution is 0.469. The van der Waals surface area contributed by atoms with Crippen molar-refractivity contribution in [2.45, 2.75) is 26.7 Å². The van der Waals surface area contributed by atoms with Crippen molar-refractivity contribution in [1.29, 1.82) is 0 Å². The van der Waals surface area contributed by atoms with Crippen molar-refractivity contribution in [3.8, 4) is 0 Å². The van der Waals surface area contributed by atoms with Crippen LogP contribution in [0.2, 0.25) is 0 Å². The van der Waals surface area contributed by atoms with E-state index in [4.69, 9.17) is 0 Å². The quantitative estimate of drug-likeness (QED) is 0.633. The maximum absolute atomic E-state index is 9.80. The van der Waals surface area contributed by atoms with E-state index < -0.39 is 0 Å². The first kappa shape index (κ1) is 14.6. The second-order valence-corrected chi connectivity index (χ2v) is 5.10. The second-order valence-electron chi connectivity index (χ2n) is 5.10.